The Bertz CT molecular complexity index is 187. The number of hydrogen-bond donors (Lipinski definition) is 1. The van der Waals surface area contributed by atoms with Gasteiger partial charge in [0, 0.05) is 26.4 Å². The van der Waals surface area contributed by atoms with Gasteiger partial charge in [0.2, 0.25) is 0 Å². The van der Waals surface area contributed by atoms with Crippen LogP contribution in [0.1, 0.15) is 27.7 Å². The van der Waals surface area contributed by atoms with Crippen LogP contribution < -0.4 is 0 Å². The van der Waals surface area contributed by atoms with Crippen LogP contribution in [0, 0.1) is 0 Å². The summed E-state index contributed by atoms with van der Waals surface area (Å²) in [6, 6.07) is 0. The molecule has 0 aromatic carbocycles. The van der Waals surface area contributed by atoms with Gasteiger partial charge in [-0.05, 0) is 27.7 Å². The molecule has 7 nitrogen and oxygen atoms in total. The van der Waals surface area contributed by atoms with Gasteiger partial charge in [-0.2, -0.15) is 0 Å². The standard InChI is InChI=1S/C10H26O7Si2/c1-5-12-18(13-6-2)16-9-10(11)17-19(14-7-3)15-8-4/h10-11,18-19H,5-9H2,1-4H3. The lowest BCUT2D eigenvalue weighted by molar-refractivity contribution is -0.0928. The molecule has 0 saturated carbocycles. The van der Waals surface area contributed by atoms with Gasteiger partial charge >= 0.3 is 19.1 Å². The maximum Gasteiger partial charge on any atom is 0.486 e. The van der Waals surface area contributed by atoms with E-state index in [-0.39, 0.29) is 6.61 Å². The van der Waals surface area contributed by atoms with E-state index in [4.69, 9.17) is 26.6 Å². The number of hydrogen-bond acceptors (Lipinski definition) is 7. The van der Waals surface area contributed by atoms with Gasteiger partial charge in [0.15, 0.2) is 6.29 Å². The van der Waals surface area contributed by atoms with Crippen LogP contribution >= 0.6 is 0 Å². The van der Waals surface area contributed by atoms with Crippen molar-refractivity contribution in [3.8, 4) is 0 Å². The molecule has 0 saturated heterocycles. The minimum atomic E-state index is -2.28. The van der Waals surface area contributed by atoms with Gasteiger partial charge in [-0.1, -0.05) is 0 Å². The van der Waals surface area contributed by atoms with Crippen molar-refractivity contribution in [2.45, 2.75) is 34.0 Å². The zero-order valence-electron chi connectivity index (χ0n) is 12.2. The number of aliphatic hydroxyl groups excluding tert-OH is 1. The van der Waals surface area contributed by atoms with Crippen LogP contribution in [-0.2, 0) is 26.6 Å². The summed E-state index contributed by atoms with van der Waals surface area (Å²) in [5.41, 5.74) is 0. The molecule has 116 valence electrons. The Morgan fingerprint density at radius 2 is 1.16 bits per heavy atom. The minimum Gasteiger partial charge on any atom is -0.376 e. The molecular formula is C10H26O7Si2. The van der Waals surface area contributed by atoms with Crippen molar-refractivity contribution >= 4 is 19.1 Å². The summed E-state index contributed by atoms with van der Waals surface area (Å²) in [5, 5.41) is 9.70. The molecule has 0 heterocycles. The second-order valence-electron chi connectivity index (χ2n) is 3.32. The maximum absolute atomic E-state index is 9.70. The Hall–Kier alpha value is 0.154. The van der Waals surface area contributed by atoms with Crippen molar-refractivity contribution in [1.82, 2.24) is 0 Å². The highest BCUT2D eigenvalue weighted by Gasteiger charge is 2.22. The van der Waals surface area contributed by atoms with Gasteiger partial charge in [-0.15, -0.1) is 0 Å². The van der Waals surface area contributed by atoms with Gasteiger partial charge < -0.3 is 31.7 Å². The highest BCUT2D eigenvalue weighted by atomic mass is 28.3. The maximum atomic E-state index is 9.70. The second-order valence-corrected chi connectivity index (χ2v) is 6.42. The zero-order valence-corrected chi connectivity index (χ0v) is 14.5. The summed E-state index contributed by atoms with van der Waals surface area (Å²) in [5.74, 6) is 0. The van der Waals surface area contributed by atoms with Crippen molar-refractivity contribution < 1.29 is 31.7 Å². The highest BCUT2D eigenvalue weighted by molar-refractivity contribution is 6.36. The van der Waals surface area contributed by atoms with Gasteiger partial charge in [-0.3, -0.25) is 0 Å². The monoisotopic (exact) mass is 314 g/mol. The molecule has 0 aromatic heterocycles. The Morgan fingerprint density at radius 3 is 1.58 bits per heavy atom. The molecular weight excluding hydrogens is 288 g/mol. The van der Waals surface area contributed by atoms with Crippen molar-refractivity contribution in [1.29, 1.82) is 0 Å². The summed E-state index contributed by atoms with van der Waals surface area (Å²) in [6.07, 6.45) is -1.09. The van der Waals surface area contributed by atoms with Crippen LogP contribution in [0.2, 0.25) is 0 Å². The van der Waals surface area contributed by atoms with E-state index >= 15 is 0 Å². The lowest BCUT2D eigenvalue weighted by atomic mass is 10.7. The molecule has 0 aliphatic rings. The molecule has 9 heteroatoms. The summed E-state index contributed by atoms with van der Waals surface area (Å²) in [7, 11) is -4.46. The van der Waals surface area contributed by atoms with E-state index in [0.29, 0.717) is 26.4 Å². The Morgan fingerprint density at radius 1 is 0.737 bits per heavy atom. The third-order valence-electron chi connectivity index (χ3n) is 1.85. The average Bonchev–Trinajstić information content (AvgIpc) is 2.37. The van der Waals surface area contributed by atoms with Crippen LogP contribution in [0.15, 0.2) is 0 Å². The molecule has 0 fully saturated rings. The Kier molecular flexibility index (Phi) is 13.3. The topological polar surface area (TPSA) is 75.6 Å². The molecule has 0 aromatic rings. The third-order valence-corrected chi connectivity index (χ3v) is 5.28. The third kappa shape index (κ3) is 10.6. The first-order chi connectivity index (χ1) is 9.17. The normalized spacial score (nSPS) is 13.4. The molecule has 0 radical (unpaired) electrons. The van der Waals surface area contributed by atoms with Crippen LogP contribution in [0.25, 0.3) is 0 Å². The first-order valence-electron chi connectivity index (χ1n) is 6.59. The molecule has 0 bridgehead atoms. The van der Waals surface area contributed by atoms with Crippen molar-refractivity contribution in [2.24, 2.45) is 0 Å². The van der Waals surface area contributed by atoms with E-state index in [1.54, 1.807) is 0 Å². The van der Waals surface area contributed by atoms with Crippen molar-refractivity contribution in [3.63, 3.8) is 0 Å². The van der Waals surface area contributed by atoms with Gasteiger partial charge in [-0.25, -0.2) is 0 Å². The van der Waals surface area contributed by atoms with E-state index < -0.39 is 25.3 Å². The average molecular weight is 314 g/mol. The SMILES string of the molecule is CCO[SiH](OCC)OCC(O)O[SiH](OCC)OCC. The largest absolute Gasteiger partial charge is 0.486 e. The molecule has 19 heavy (non-hydrogen) atoms. The molecule has 0 aliphatic heterocycles. The molecule has 1 N–H and O–H groups in total. The van der Waals surface area contributed by atoms with Crippen molar-refractivity contribution in [3.05, 3.63) is 0 Å². The number of aliphatic hydroxyl groups is 1. The summed E-state index contributed by atoms with van der Waals surface area (Å²) >= 11 is 0. The quantitative estimate of drug-likeness (QED) is 0.376. The molecule has 1 atom stereocenters. The van der Waals surface area contributed by atoms with Crippen LogP contribution in [0.5, 0.6) is 0 Å². The fourth-order valence-corrected chi connectivity index (χ4v) is 3.43. The molecule has 0 spiro atoms. The Balaban J connectivity index is 3.94. The van der Waals surface area contributed by atoms with E-state index in [1.807, 2.05) is 27.7 Å². The molecule has 1 unspecified atom stereocenters. The van der Waals surface area contributed by atoms with E-state index in [1.165, 1.54) is 0 Å². The highest BCUT2D eigenvalue weighted by Crippen LogP contribution is 2.00. The van der Waals surface area contributed by atoms with Gasteiger partial charge in [0.05, 0.1) is 6.61 Å². The molecule has 0 aliphatic carbocycles. The van der Waals surface area contributed by atoms with Crippen molar-refractivity contribution in [2.75, 3.05) is 33.0 Å². The fraction of sp³-hybridized carbons (Fsp3) is 1.00. The predicted molar refractivity (Wildman–Crippen MR) is 73.8 cm³/mol. The van der Waals surface area contributed by atoms with Gasteiger partial charge in [0.25, 0.3) is 0 Å². The van der Waals surface area contributed by atoms with Crippen LogP contribution in [0.3, 0.4) is 0 Å². The number of rotatable bonds is 13. The smallest absolute Gasteiger partial charge is 0.376 e. The molecule has 0 amide bonds. The van der Waals surface area contributed by atoms with E-state index in [9.17, 15) is 5.11 Å². The minimum absolute atomic E-state index is 0.0134. The zero-order chi connectivity index (χ0) is 14.5. The Labute approximate surface area is 118 Å². The summed E-state index contributed by atoms with van der Waals surface area (Å²) in [6.45, 7) is 9.41. The fourth-order valence-electron chi connectivity index (χ4n) is 1.14. The summed E-state index contributed by atoms with van der Waals surface area (Å²) < 4.78 is 31.8. The van der Waals surface area contributed by atoms with Gasteiger partial charge in [0.1, 0.15) is 0 Å². The molecule has 0 rings (SSSR count). The predicted octanol–water partition coefficient (Wildman–Crippen LogP) is -0.0816. The second kappa shape index (κ2) is 13.2. The first kappa shape index (κ1) is 19.2. The van der Waals surface area contributed by atoms with E-state index in [2.05, 4.69) is 0 Å². The van der Waals surface area contributed by atoms with E-state index in [0.717, 1.165) is 0 Å². The lowest BCUT2D eigenvalue weighted by Crippen LogP contribution is -2.37. The van der Waals surface area contributed by atoms with Crippen LogP contribution in [-0.4, -0.2) is 63.5 Å². The summed E-state index contributed by atoms with van der Waals surface area (Å²) in [4.78, 5) is 0. The first-order valence-corrected chi connectivity index (χ1v) is 9.42. The van der Waals surface area contributed by atoms with Crippen LogP contribution in [0.4, 0.5) is 0 Å². The lowest BCUT2D eigenvalue weighted by Gasteiger charge is -2.21.